The van der Waals surface area contributed by atoms with Crippen molar-refractivity contribution in [1.29, 1.82) is 5.26 Å². The zero-order chi connectivity index (χ0) is 12.3. The van der Waals surface area contributed by atoms with E-state index in [-0.39, 0.29) is 0 Å². The molecule has 2 rings (SSSR count). The molecule has 5 nitrogen and oxygen atoms in total. The molecule has 90 valence electrons. The van der Waals surface area contributed by atoms with Crippen LogP contribution in [0.15, 0.2) is 12.4 Å². The van der Waals surface area contributed by atoms with E-state index in [2.05, 4.69) is 14.9 Å². The lowest BCUT2D eigenvalue weighted by Crippen LogP contribution is -2.38. The van der Waals surface area contributed by atoms with Crippen molar-refractivity contribution < 1.29 is 0 Å². The normalized spacial score (nSPS) is 23.4. The van der Waals surface area contributed by atoms with Crippen molar-refractivity contribution in [3.63, 3.8) is 0 Å². The minimum Gasteiger partial charge on any atom is -0.355 e. The van der Waals surface area contributed by atoms with Crippen LogP contribution < -0.4 is 10.6 Å². The standard InChI is InChI=1S/C12H17N5/c1-17(11-4-2-3-9(11)5-13)12-8-15-10(6-14)7-16-12/h7-9,11H,2-5,13H2,1H3. The second-order valence-corrected chi connectivity index (χ2v) is 4.48. The molecular formula is C12H17N5. The summed E-state index contributed by atoms with van der Waals surface area (Å²) in [6.07, 6.45) is 6.73. The van der Waals surface area contributed by atoms with Gasteiger partial charge in [0.25, 0.3) is 0 Å². The Kier molecular flexibility index (Phi) is 3.55. The highest BCUT2D eigenvalue weighted by Gasteiger charge is 2.30. The summed E-state index contributed by atoms with van der Waals surface area (Å²) in [6.45, 7) is 0.721. The molecule has 0 aromatic carbocycles. The highest BCUT2D eigenvalue weighted by Crippen LogP contribution is 2.30. The van der Waals surface area contributed by atoms with E-state index in [1.165, 1.54) is 19.0 Å². The minimum absolute atomic E-state index is 0.351. The third-order valence-electron chi connectivity index (χ3n) is 3.53. The predicted molar refractivity (Wildman–Crippen MR) is 65.3 cm³/mol. The SMILES string of the molecule is CN(c1cnc(C#N)cn1)C1CCCC1CN. The fourth-order valence-electron chi connectivity index (χ4n) is 2.53. The molecule has 0 spiro atoms. The van der Waals surface area contributed by atoms with Crippen molar-refractivity contribution in [2.24, 2.45) is 11.7 Å². The largest absolute Gasteiger partial charge is 0.355 e. The summed E-state index contributed by atoms with van der Waals surface area (Å²) < 4.78 is 0. The van der Waals surface area contributed by atoms with Gasteiger partial charge in [-0.05, 0) is 25.3 Å². The first-order valence-corrected chi connectivity index (χ1v) is 5.91. The van der Waals surface area contributed by atoms with Crippen LogP contribution in [0.5, 0.6) is 0 Å². The average Bonchev–Trinajstić information content (AvgIpc) is 2.86. The van der Waals surface area contributed by atoms with Gasteiger partial charge in [-0.15, -0.1) is 0 Å². The summed E-state index contributed by atoms with van der Waals surface area (Å²) in [5.74, 6) is 1.35. The van der Waals surface area contributed by atoms with Crippen LogP contribution in [0.4, 0.5) is 5.82 Å². The Morgan fingerprint density at radius 2 is 2.29 bits per heavy atom. The molecule has 1 heterocycles. The summed E-state index contributed by atoms with van der Waals surface area (Å²) in [6, 6.07) is 2.42. The van der Waals surface area contributed by atoms with Crippen molar-refractivity contribution in [3.8, 4) is 6.07 Å². The van der Waals surface area contributed by atoms with E-state index in [1.54, 1.807) is 6.20 Å². The molecule has 0 bridgehead atoms. The Labute approximate surface area is 101 Å². The Morgan fingerprint density at radius 1 is 1.47 bits per heavy atom. The molecule has 1 fully saturated rings. The number of nitriles is 1. The fourth-order valence-corrected chi connectivity index (χ4v) is 2.53. The molecule has 5 heteroatoms. The first kappa shape index (κ1) is 11.8. The molecule has 1 aromatic heterocycles. The number of aromatic nitrogens is 2. The van der Waals surface area contributed by atoms with Crippen molar-refractivity contribution >= 4 is 5.82 Å². The molecule has 0 radical (unpaired) electrons. The summed E-state index contributed by atoms with van der Waals surface area (Å²) in [7, 11) is 2.02. The zero-order valence-electron chi connectivity index (χ0n) is 10.0. The smallest absolute Gasteiger partial charge is 0.158 e. The molecule has 2 unspecified atom stereocenters. The Hall–Kier alpha value is -1.67. The Balaban J connectivity index is 2.13. The van der Waals surface area contributed by atoms with Crippen molar-refractivity contribution in [2.45, 2.75) is 25.3 Å². The first-order chi connectivity index (χ1) is 8.26. The van der Waals surface area contributed by atoms with Gasteiger partial charge in [-0.25, -0.2) is 9.97 Å². The maximum Gasteiger partial charge on any atom is 0.158 e. The number of nitrogens with two attached hydrogens (primary N) is 1. The highest BCUT2D eigenvalue weighted by atomic mass is 15.2. The van der Waals surface area contributed by atoms with Gasteiger partial charge in [0.15, 0.2) is 5.69 Å². The third-order valence-corrected chi connectivity index (χ3v) is 3.53. The minimum atomic E-state index is 0.351. The van der Waals surface area contributed by atoms with Gasteiger partial charge >= 0.3 is 0 Å². The van der Waals surface area contributed by atoms with E-state index in [4.69, 9.17) is 11.0 Å². The molecule has 0 amide bonds. The van der Waals surface area contributed by atoms with E-state index in [9.17, 15) is 0 Å². The lowest BCUT2D eigenvalue weighted by atomic mass is 10.0. The summed E-state index contributed by atoms with van der Waals surface area (Å²) in [5.41, 5.74) is 6.13. The molecule has 1 aliphatic rings. The van der Waals surface area contributed by atoms with Gasteiger partial charge in [-0.3, -0.25) is 0 Å². The van der Waals surface area contributed by atoms with Gasteiger partial charge in [0, 0.05) is 13.1 Å². The monoisotopic (exact) mass is 231 g/mol. The van der Waals surface area contributed by atoms with Gasteiger partial charge in [0.05, 0.1) is 12.4 Å². The predicted octanol–water partition coefficient (Wildman–Crippen LogP) is 0.912. The molecular weight excluding hydrogens is 214 g/mol. The molecule has 1 aliphatic carbocycles. The van der Waals surface area contributed by atoms with Crippen LogP contribution in [0.3, 0.4) is 0 Å². The number of nitrogens with zero attached hydrogens (tertiary/aromatic N) is 4. The number of hydrogen-bond donors (Lipinski definition) is 1. The van der Waals surface area contributed by atoms with Crippen LogP contribution in [0.25, 0.3) is 0 Å². The maximum absolute atomic E-state index is 8.68. The van der Waals surface area contributed by atoms with Crippen LogP contribution >= 0.6 is 0 Å². The molecule has 1 aromatic rings. The quantitative estimate of drug-likeness (QED) is 0.836. The molecule has 17 heavy (non-hydrogen) atoms. The van der Waals surface area contributed by atoms with Gasteiger partial charge in [0.2, 0.25) is 0 Å². The maximum atomic E-state index is 8.68. The van der Waals surface area contributed by atoms with E-state index in [1.807, 2.05) is 13.1 Å². The van der Waals surface area contributed by atoms with Gasteiger partial charge in [-0.2, -0.15) is 5.26 Å². The first-order valence-electron chi connectivity index (χ1n) is 5.91. The van der Waals surface area contributed by atoms with Gasteiger partial charge in [0.1, 0.15) is 11.9 Å². The third kappa shape index (κ3) is 2.37. The number of rotatable bonds is 3. The van der Waals surface area contributed by atoms with Crippen LogP contribution in [-0.2, 0) is 0 Å². The molecule has 0 saturated heterocycles. The zero-order valence-corrected chi connectivity index (χ0v) is 10.0. The van der Waals surface area contributed by atoms with Crippen LogP contribution in [0.1, 0.15) is 25.0 Å². The van der Waals surface area contributed by atoms with Crippen LogP contribution in [0.2, 0.25) is 0 Å². The lowest BCUT2D eigenvalue weighted by molar-refractivity contribution is 0.472. The lowest BCUT2D eigenvalue weighted by Gasteiger charge is -2.29. The number of anilines is 1. The van der Waals surface area contributed by atoms with E-state index >= 15 is 0 Å². The summed E-state index contributed by atoms with van der Waals surface area (Å²) in [5, 5.41) is 8.68. The van der Waals surface area contributed by atoms with Crippen LogP contribution in [-0.4, -0.2) is 29.6 Å². The van der Waals surface area contributed by atoms with Gasteiger partial charge in [-0.1, -0.05) is 6.42 Å². The average molecular weight is 231 g/mol. The van der Waals surface area contributed by atoms with E-state index < -0.39 is 0 Å². The molecule has 2 atom stereocenters. The van der Waals surface area contributed by atoms with E-state index in [0.29, 0.717) is 17.7 Å². The highest BCUT2D eigenvalue weighted by molar-refractivity contribution is 5.38. The van der Waals surface area contributed by atoms with Crippen molar-refractivity contribution in [3.05, 3.63) is 18.1 Å². The second-order valence-electron chi connectivity index (χ2n) is 4.48. The number of hydrogen-bond acceptors (Lipinski definition) is 5. The topological polar surface area (TPSA) is 78.8 Å². The fraction of sp³-hybridized carbons (Fsp3) is 0.583. The summed E-state index contributed by atoms with van der Waals surface area (Å²) in [4.78, 5) is 10.4. The van der Waals surface area contributed by atoms with Gasteiger partial charge < -0.3 is 10.6 Å². The van der Waals surface area contributed by atoms with E-state index in [0.717, 1.165) is 18.8 Å². The molecule has 0 aliphatic heterocycles. The van der Waals surface area contributed by atoms with Crippen LogP contribution in [0, 0.1) is 17.2 Å². The van der Waals surface area contributed by atoms with Crippen molar-refractivity contribution in [1.82, 2.24) is 9.97 Å². The Bertz CT molecular complexity index is 408. The molecule has 2 N–H and O–H groups in total. The second kappa shape index (κ2) is 5.11. The Morgan fingerprint density at radius 3 is 2.88 bits per heavy atom. The van der Waals surface area contributed by atoms with Crippen molar-refractivity contribution in [2.75, 3.05) is 18.5 Å². The summed E-state index contributed by atoms with van der Waals surface area (Å²) >= 11 is 0. The molecule has 1 saturated carbocycles.